The molecule has 2 heteroatoms. The number of hydrogen-bond acceptors (Lipinski definition) is 2. The molecule has 0 aromatic heterocycles. The molecule has 5 unspecified atom stereocenters. The number of likely N-dealkylation sites (N-methyl/N-ethyl adjacent to an activating group) is 1. The van der Waals surface area contributed by atoms with Gasteiger partial charge in [-0.25, -0.2) is 0 Å². The average molecular weight is 271 g/mol. The number of rotatable bonds is 3. The van der Waals surface area contributed by atoms with Crippen LogP contribution >= 0.6 is 0 Å². The molecule has 3 aliphatic carbocycles. The van der Waals surface area contributed by atoms with E-state index in [9.17, 15) is 5.11 Å². The molecule has 2 bridgehead atoms. The summed E-state index contributed by atoms with van der Waals surface area (Å²) in [5.41, 5.74) is 2.49. The van der Waals surface area contributed by atoms with Crippen molar-refractivity contribution in [3.8, 4) is 0 Å². The number of nitrogens with zero attached hydrogens (tertiary/aromatic N) is 1. The predicted octanol–water partition coefficient (Wildman–Crippen LogP) is 3.01. The topological polar surface area (TPSA) is 23.5 Å². The number of fused-ring (bicyclic) bond motifs is 3. The minimum Gasteiger partial charge on any atom is -0.387 e. The van der Waals surface area contributed by atoms with Gasteiger partial charge in [0.1, 0.15) is 0 Å². The standard InChI is InChI=1S/C18H25NO/c1-19(11-15-9-12-6-7-13(15)8-12)17-10-14-4-2-3-5-16(14)18(17)20/h2-5,12-13,15,17-18,20H,6-11H2,1H3. The summed E-state index contributed by atoms with van der Waals surface area (Å²) in [7, 11) is 2.21. The smallest absolute Gasteiger partial charge is 0.0950 e. The van der Waals surface area contributed by atoms with E-state index < -0.39 is 0 Å². The van der Waals surface area contributed by atoms with Crippen LogP contribution < -0.4 is 0 Å². The molecule has 5 atom stereocenters. The normalized spacial score (nSPS) is 38.6. The molecular formula is C18H25NO. The first-order valence-electron chi connectivity index (χ1n) is 8.18. The van der Waals surface area contributed by atoms with E-state index >= 15 is 0 Å². The molecule has 0 heterocycles. The van der Waals surface area contributed by atoms with Crippen molar-refractivity contribution >= 4 is 0 Å². The Morgan fingerprint density at radius 2 is 2.05 bits per heavy atom. The van der Waals surface area contributed by atoms with Crippen molar-refractivity contribution in [2.75, 3.05) is 13.6 Å². The molecule has 0 amide bonds. The lowest BCUT2D eigenvalue weighted by Gasteiger charge is -2.32. The van der Waals surface area contributed by atoms with Gasteiger partial charge in [-0.2, -0.15) is 0 Å². The van der Waals surface area contributed by atoms with Gasteiger partial charge in [0.15, 0.2) is 0 Å². The predicted molar refractivity (Wildman–Crippen MR) is 80.5 cm³/mol. The van der Waals surface area contributed by atoms with Crippen LogP contribution in [0, 0.1) is 17.8 Å². The third-order valence-corrected chi connectivity index (χ3v) is 6.14. The summed E-state index contributed by atoms with van der Waals surface area (Å²) in [4.78, 5) is 2.44. The summed E-state index contributed by atoms with van der Waals surface area (Å²) in [5, 5.41) is 10.6. The molecular weight excluding hydrogens is 246 g/mol. The summed E-state index contributed by atoms with van der Waals surface area (Å²) in [5.74, 6) is 2.88. The SMILES string of the molecule is CN(CC1CC2CCC1C2)C1Cc2ccccc2C1O. The van der Waals surface area contributed by atoms with Crippen LogP contribution in [0.4, 0.5) is 0 Å². The summed E-state index contributed by atoms with van der Waals surface area (Å²) in [6.07, 6.45) is 6.56. The van der Waals surface area contributed by atoms with Crippen LogP contribution in [-0.2, 0) is 6.42 Å². The lowest BCUT2D eigenvalue weighted by molar-refractivity contribution is 0.0610. The second-order valence-electron chi connectivity index (χ2n) is 7.29. The summed E-state index contributed by atoms with van der Waals surface area (Å²) in [6, 6.07) is 8.67. The first-order valence-corrected chi connectivity index (χ1v) is 8.18. The van der Waals surface area contributed by atoms with Crippen molar-refractivity contribution < 1.29 is 5.11 Å². The van der Waals surface area contributed by atoms with Gasteiger partial charge in [-0.3, -0.25) is 4.90 Å². The van der Waals surface area contributed by atoms with E-state index in [1.54, 1.807) is 0 Å². The molecule has 1 aromatic rings. The molecule has 108 valence electrons. The highest BCUT2D eigenvalue weighted by Crippen LogP contribution is 2.48. The fraction of sp³-hybridized carbons (Fsp3) is 0.667. The van der Waals surface area contributed by atoms with Gasteiger partial charge in [0.25, 0.3) is 0 Å². The van der Waals surface area contributed by atoms with Crippen LogP contribution in [0.15, 0.2) is 24.3 Å². The zero-order chi connectivity index (χ0) is 13.7. The van der Waals surface area contributed by atoms with E-state index in [4.69, 9.17) is 0 Å². The van der Waals surface area contributed by atoms with Gasteiger partial charge in [0.05, 0.1) is 6.10 Å². The third-order valence-electron chi connectivity index (χ3n) is 6.14. The summed E-state index contributed by atoms with van der Waals surface area (Å²) < 4.78 is 0. The quantitative estimate of drug-likeness (QED) is 0.913. The first-order chi connectivity index (χ1) is 9.72. The summed E-state index contributed by atoms with van der Waals surface area (Å²) >= 11 is 0. The third kappa shape index (κ3) is 2.01. The molecule has 1 N–H and O–H groups in total. The van der Waals surface area contributed by atoms with E-state index in [1.807, 2.05) is 6.07 Å². The Morgan fingerprint density at radius 1 is 1.20 bits per heavy atom. The fourth-order valence-corrected chi connectivity index (χ4v) is 5.06. The molecule has 2 saturated carbocycles. The van der Waals surface area contributed by atoms with E-state index in [0.29, 0.717) is 0 Å². The van der Waals surface area contributed by atoms with Gasteiger partial charge in [-0.05, 0) is 61.6 Å². The van der Waals surface area contributed by atoms with Crippen LogP contribution in [0.25, 0.3) is 0 Å². The van der Waals surface area contributed by atoms with Gasteiger partial charge >= 0.3 is 0 Å². The van der Waals surface area contributed by atoms with Gasteiger partial charge < -0.3 is 5.11 Å². The number of benzene rings is 1. The number of hydrogen-bond donors (Lipinski definition) is 1. The van der Waals surface area contributed by atoms with Crippen LogP contribution in [0.5, 0.6) is 0 Å². The van der Waals surface area contributed by atoms with Gasteiger partial charge in [0, 0.05) is 12.6 Å². The minimum absolute atomic E-state index is 0.284. The van der Waals surface area contributed by atoms with Gasteiger partial charge in [0.2, 0.25) is 0 Å². The number of aliphatic hydroxyl groups is 1. The molecule has 0 saturated heterocycles. The Labute approximate surface area is 121 Å². The van der Waals surface area contributed by atoms with Gasteiger partial charge in [-0.1, -0.05) is 30.7 Å². The molecule has 0 aliphatic heterocycles. The highest BCUT2D eigenvalue weighted by Gasteiger charge is 2.41. The van der Waals surface area contributed by atoms with Crippen LogP contribution in [-0.4, -0.2) is 29.6 Å². The van der Waals surface area contributed by atoms with Crippen LogP contribution in [0.1, 0.15) is 42.9 Å². The van der Waals surface area contributed by atoms with Crippen molar-refractivity contribution in [3.63, 3.8) is 0 Å². The van der Waals surface area contributed by atoms with Crippen molar-refractivity contribution in [1.82, 2.24) is 4.90 Å². The molecule has 2 nitrogen and oxygen atoms in total. The zero-order valence-electron chi connectivity index (χ0n) is 12.3. The molecule has 3 aliphatic rings. The molecule has 0 radical (unpaired) electrons. The molecule has 2 fully saturated rings. The first kappa shape index (κ1) is 12.8. The number of aliphatic hydroxyl groups excluding tert-OH is 1. The zero-order valence-corrected chi connectivity index (χ0v) is 12.3. The Morgan fingerprint density at radius 3 is 2.75 bits per heavy atom. The highest BCUT2D eigenvalue weighted by atomic mass is 16.3. The largest absolute Gasteiger partial charge is 0.387 e. The van der Waals surface area contributed by atoms with E-state index in [-0.39, 0.29) is 12.1 Å². The van der Waals surface area contributed by atoms with Crippen molar-refractivity contribution in [3.05, 3.63) is 35.4 Å². The van der Waals surface area contributed by atoms with E-state index in [2.05, 4.69) is 30.1 Å². The average Bonchev–Trinajstić information content (AvgIpc) is 3.14. The lowest BCUT2D eigenvalue weighted by Crippen LogP contribution is -2.39. The van der Waals surface area contributed by atoms with Crippen LogP contribution in [0.2, 0.25) is 0 Å². The monoisotopic (exact) mass is 271 g/mol. The summed E-state index contributed by atoms with van der Waals surface area (Å²) in [6.45, 7) is 1.18. The second kappa shape index (κ2) is 4.85. The Kier molecular flexibility index (Phi) is 3.12. The van der Waals surface area contributed by atoms with E-state index in [0.717, 1.165) is 29.7 Å². The maximum absolute atomic E-state index is 10.6. The Hall–Kier alpha value is -0.860. The van der Waals surface area contributed by atoms with Gasteiger partial charge in [-0.15, -0.1) is 0 Å². The maximum Gasteiger partial charge on any atom is 0.0950 e. The highest BCUT2D eigenvalue weighted by molar-refractivity contribution is 5.35. The molecule has 0 spiro atoms. The van der Waals surface area contributed by atoms with Crippen molar-refractivity contribution in [1.29, 1.82) is 0 Å². The van der Waals surface area contributed by atoms with Crippen LogP contribution in [0.3, 0.4) is 0 Å². The lowest BCUT2D eigenvalue weighted by atomic mass is 9.88. The maximum atomic E-state index is 10.6. The second-order valence-corrected chi connectivity index (χ2v) is 7.29. The minimum atomic E-state index is -0.296. The molecule has 1 aromatic carbocycles. The molecule has 20 heavy (non-hydrogen) atoms. The molecule has 4 rings (SSSR count). The van der Waals surface area contributed by atoms with Crippen molar-refractivity contribution in [2.24, 2.45) is 17.8 Å². The Bertz CT molecular complexity index is 500. The van der Waals surface area contributed by atoms with Crippen molar-refractivity contribution in [2.45, 2.75) is 44.2 Å². The Balaban J connectivity index is 1.44. The van der Waals surface area contributed by atoms with E-state index in [1.165, 1.54) is 37.8 Å². The fourth-order valence-electron chi connectivity index (χ4n) is 5.06.